The zero-order valence-electron chi connectivity index (χ0n) is 6.20. The highest BCUT2D eigenvalue weighted by Gasteiger charge is 2.23. The molecule has 0 unspecified atom stereocenters. The number of phosphoric acid groups is 1. The van der Waals surface area contributed by atoms with Gasteiger partial charge in [-0.2, -0.15) is 0 Å². The highest BCUT2D eigenvalue weighted by Crippen LogP contribution is 2.47. The zero-order valence-corrected chi connectivity index (χ0v) is 7.09. The third-order valence-electron chi connectivity index (χ3n) is 0.709. The maximum absolute atomic E-state index is 10.9. The van der Waals surface area contributed by atoms with Gasteiger partial charge in [0.15, 0.2) is 0 Å². The maximum atomic E-state index is 10.9. The summed E-state index contributed by atoms with van der Waals surface area (Å²) in [5.74, 6) is 0. The molecule has 0 atom stereocenters. The third kappa shape index (κ3) is 3.29. The van der Waals surface area contributed by atoms with E-state index in [1.165, 1.54) is 14.2 Å². The van der Waals surface area contributed by atoms with E-state index in [9.17, 15) is 4.57 Å². The molecule has 6 heteroatoms. The van der Waals surface area contributed by atoms with Crippen LogP contribution in [0.3, 0.4) is 0 Å². The van der Waals surface area contributed by atoms with Crippen LogP contribution in [0.1, 0.15) is 6.92 Å². The largest absolute Gasteiger partial charge is 0.501 e. The van der Waals surface area contributed by atoms with Gasteiger partial charge >= 0.3 is 7.82 Å². The summed E-state index contributed by atoms with van der Waals surface area (Å²) in [6, 6.07) is 0. The van der Waals surface area contributed by atoms with E-state index < -0.39 is 7.82 Å². The molecule has 0 heterocycles. The van der Waals surface area contributed by atoms with Gasteiger partial charge in [0.05, 0.1) is 6.61 Å². The lowest BCUT2D eigenvalue weighted by atomic mass is 10.9. The fourth-order valence-corrected chi connectivity index (χ4v) is 0.758. The normalized spacial score (nSPS) is 11.9. The van der Waals surface area contributed by atoms with E-state index in [1.54, 1.807) is 6.92 Å². The molecule has 5 nitrogen and oxygen atoms in total. The van der Waals surface area contributed by atoms with Crippen molar-refractivity contribution in [2.24, 2.45) is 0 Å². The van der Waals surface area contributed by atoms with Crippen LogP contribution in [-0.2, 0) is 23.2 Å². The van der Waals surface area contributed by atoms with Crippen LogP contribution in [-0.4, -0.2) is 20.8 Å². The lowest BCUT2D eigenvalue weighted by molar-refractivity contribution is -0.220. The number of rotatable bonds is 5. The molecular formula is C4H11O5P. The summed E-state index contributed by atoms with van der Waals surface area (Å²) in [7, 11) is -0.997. The Kier molecular flexibility index (Phi) is 4.85. The van der Waals surface area contributed by atoms with Gasteiger partial charge in [0.25, 0.3) is 0 Å². The summed E-state index contributed by atoms with van der Waals surface area (Å²) in [4.78, 5) is 4.37. The predicted molar refractivity (Wildman–Crippen MR) is 34.3 cm³/mol. The van der Waals surface area contributed by atoms with E-state index in [0.29, 0.717) is 0 Å². The molecule has 0 aromatic carbocycles. The van der Waals surface area contributed by atoms with Gasteiger partial charge in [0.2, 0.25) is 0 Å². The van der Waals surface area contributed by atoms with E-state index in [4.69, 9.17) is 0 Å². The Morgan fingerprint density at radius 3 is 2.10 bits per heavy atom. The molecule has 0 bridgehead atoms. The quantitative estimate of drug-likeness (QED) is 0.354. The van der Waals surface area contributed by atoms with Crippen LogP contribution in [0.15, 0.2) is 0 Å². The first kappa shape index (κ1) is 10.1. The molecule has 62 valence electrons. The van der Waals surface area contributed by atoms with Gasteiger partial charge in [0, 0.05) is 14.2 Å². The maximum Gasteiger partial charge on any atom is 0.501 e. The van der Waals surface area contributed by atoms with Crippen LogP contribution in [0, 0.1) is 0 Å². The smallest absolute Gasteiger partial charge is 0.289 e. The molecule has 0 aliphatic rings. The van der Waals surface area contributed by atoms with Crippen molar-refractivity contribution in [3.63, 3.8) is 0 Å². The van der Waals surface area contributed by atoms with Crippen LogP contribution in [0.25, 0.3) is 0 Å². The van der Waals surface area contributed by atoms with Gasteiger partial charge in [-0.05, 0) is 6.92 Å². The monoisotopic (exact) mass is 170 g/mol. The lowest BCUT2D eigenvalue weighted by Gasteiger charge is -2.10. The summed E-state index contributed by atoms with van der Waals surface area (Å²) in [5, 5.41) is 0. The second kappa shape index (κ2) is 4.82. The lowest BCUT2D eigenvalue weighted by Crippen LogP contribution is -1.95. The molecule has 0 aliphatic heterocycles. The summed E-state index contributed by atoms with van der Waals surface area (Å²) < 4.78 is 24.0. The van der Waals surface area contributed by atoms with E-state index in [2.05, 4.69) is 18.6 Å². The molecular weight excluding hydrogens is 159 g/mol. The van der Waals surface area contributed by atoms with Crippen molar-refractivity contribution in [2.45, 2.75) is 6.92 Å². The van der Waals surface area contributed by atoms with Crippen molar-refractivity contribution < 1.29 is 23.2 Å². The van der Waals surface area contributed by atoms with Gasteiger partial charge in [0.1, 0.15) is 0 Å². The van der Waals surface area contributed by atoms with Crippen LogP contribution in [0.5, 0.6) is 0 Å². The first-order chi connectivity index (χ1) is 4.68. The molecule has 0 radical (unpaired) electrons. The Balaban J connectivity index is 3.70. The highest BCUT2D eigenvalue weighted by atomic mass is 31.2. The Bertz CT molecular complexity index is 117. The molecule has 0 rings (SSSR count). The van der Waals surface area contributed by atoms with Crippen LogP contribution in [0.4, 0.5) is 0 Å². The van der Waals surface area contributed by atoms with E-state index in [1.807, 2.05) is 0 Å². The highest BCUT2D eigenvalue weighted by molar-refractivity contribution is 7.48. The zero-order chi connectivity index (χ0) is 8.04. The first-order valence-electron chi connectivity index (χ1n) is 2.71. The second-order valence-corrected chi connectivity index (χ2v) is 3.07. The van der Waals surface area contributed by atoms with Crippen molar-refractivity contribution in [3.05, 3.63) is 0 Å². The van der Waals surface area contributed by atoms with Gasteiger partial charge in [-0.25, -0.2) is 9.45 Å². The Hall–Kier alpha value is 0.0700. The van der Waals surface area contributed by atoms with Crippen molar-refractivity contribution in [1.82, 2.24) is 0 Å². The van der Waals surface area contributed by atoms with Crippen molar-refractivity contribution in [2.75, 3.05) is 20.8 Å². The fourth-order valence-electron chi connectivity index (χ4n) is 0.253. The van der Waals surface area contributed by atoms with Crippen molar-refractivity contribution in [1.29, 1.82) is 0 Å². The van der Waals surface area contributed by atoms with Gasteiger partial charge in [-0.3, -0.25) is 9.05 Å². The Labute approximate surface area is 59.8 Å². The minimum Gasteiger partial charge on any atom is -0.289 e. The van der Waals surface area contributed by atoms with Gasteiger partial charge in [-0.15, -0.1) is 4.67 Å². The second-order valence-electron chi connectivity index (χ2n) is 1.29. The summed E-state index contributed by atoms with van der Waals surface area (Å²) in [5.41, 5.74) is 0. The van der Waals surface area contributed by atoms with Gasteiger partial charge in [-0.1, -0.05) is 0 Å². The van der Waals surface area contributed by atoms with Crippen molar-refractivity contribution >= 4 is 7.82 Å². The van der Waals surface area contributed by atoms with Crippen LogP contribution in [0.2, 0.25) is 0 Å². The SMILES string of the molecule is CCOOP(=O)(OC)OC. The summed E-state index contributed by atoms with van der Waals surface area (Å²) >= 11 is 0. The van der Waals surface area contributed by atoms with Gasteiger partial charge < -0.3 is 0 Å². The Morgan fingerprint density at radius 1 is 1.30 bits per heavy atom. The minimum atomic E-state index is -3.42. The minimum absolute atomic E-state index is 0.288. The predicted octanol–water partition coefficient (Wildman–Crippen LogP) is 1.36. The van der Waals surface area contributed by atoms with E-state index in [-0.39, 0.29) is 6.61 Å². The molecule has 0 fully saturated rings. The molecule has 0 N–H and O–H groups in total. The molecule has 10 heavy (non-hydrogen) atoms. The topological polar surface area (TPSA) is 54.0 Å². The first-order valence-corrected chi connectivity index (χ1v) is 4.17. The average Bonchev–Trinajstić information content (AvgIpc) is 2.00. The standard InChI is InChI=1S/C4H11O5P/c1-4-8-9-10(5,6-2)7-3/h4H2,1-3H3. The number of hydrogen-bond donors (Lipinski definition) is 0. The molecule has 0 aromatic rings. The third-order valence-corrected chi connectivity index (χ3v) is 1.89. The molecule has 0 aliphatic carbocycles. The molecule has 0 saturated carbocycles. The van der Waals surface area contributed by atoms with Crippen LogP contribution < -0.4 is 0 Å². The number of hydrogen-bond acceptors (Lipinski definition) is 5. The summed E-state index contributed by atoms with van der Waals surface area (Å²) in [6.07, 6.45) is 0. The Morgan fingerprint density at radius 2 is 1.80 bits per heavy atom. The van der Waals surface area contributed by atoms with E-state index in [0.717, 1.165) is 0 Å². The molecule has 0 spiro atoms. The van der Waals surface area contributed by atoms with Crippen molar-refractivity contribution in [3.8, 4) is 0 Å². The molecule has 0 aromatic heterocycles. The fraction of sp³-hybridized carbons (Fsp3) is 1.00. The van der Waals surface area contributed by atoms with E-state index >= 15 is 0 Å². The number of phosphoric ester groups is 1. The molecule has 0 amide bonds. The average molecular weight is 170 g/mol. The van der Waals surface area contributed by atoms with Crippen LogP contribution >= 0.6 is 7.82 Å². The summed E-state index contributed by atoms with van der Waals surface area (Å²) in [6.45, 7) is 1.98. The molecule has 0 saturated heterocycles.